The summed E-state index contributed by atoms with van der Waals surface area (Å²) < 4.78 is 12.5. The first kappa shape index (κ1) is 24.0. The molecule has 3 rings (SSSR count). The molecule has 0 saturated heterocycles. The Kier molecular flexibility index (Phi) is 8.59. The van der Waals surface area contributed by atoms with Gasteiger partial charge in [0, 0.05) is 26.6 Å². The largest absolute Gasteiger partial charge is 0.467 e. The molecule has 2 heterocycles. The van der Waals surface area contributed by atoms with Crippen LogP contribution in [0, 0.1) is 0 Å². The second-order valence-corrected chi connectivity index (χ2v) is 7.50. The van der Waals surface area contributed by atoms with Crippen LogP contribution in [0.1, 0.15) is 25.0 Å². The molecule has 2 aromatic heterocycles. The number of ether oxygens (including phenoxy) is 1. The Morgan fingerprint density at radius 2 is 1.82 bits per heavy atom. The van der Waals surface area contributed by atoms with E-state index in [0.717, 1.165) is 4.57 Å². The molecule has 0 bridgehead atoms. The first-order valence-corrected chi connectivity index (χ1v) is 10.8. The minimum absolute atomic E-state index is 0.137. The van der Waals surface area contributed by atoms with Crippen molar-refractivity contribution >= 4 is 22.7 Å². The molecular formula is C23H28N4O6. The van der Waals surface area contributed by atoms with E-state index in [1.54, 1.807) is 42.7 Å². The molecule has 0 spiro atoms. The molecular weight excluding hydrogens is 428 g/mol. The van der Waals surface area contributed by atoms with Gasteiger partial charge in [0.25, 0.3) is 5.56 Å². The van der Waals surface area contributed by atoms with Gasteiger partial charge >= 0.3 is 5.69 Å². The number of nitrogens with zero attached hydrogens (tertiary/aromatic N) is 2. The third-order valence-electron chi connectivity index (χ3n) is 5.14. The average molecular weight is 456 g/mol. The van der Waals surface area contributed by atoms with Gasteiger partial charge in [-0.2, -0.15) is 0 Å². The number of rotatable bonds is 12. The van der Waals surface area contributed by atoms with Gasteiger partial charge in [-0.25, -0.2) is 4.79 Å². The van der Waals surface area contributed by atoms with Crippen LogP contribution in [0.5, 0.6) is 0 Å². The van der Waals surface area contributed by atoms with Crippen LogP contribution >= 0.6 is 0 Å². The summed E-state index contributed by atoms with van der Waals surface area (Å²) in [4.78, 5) is 50.3. The Labute approximate surface area is 190 Å². The van der Waals surface area contributed by atoms with Gasteiger partial charge in [-0.1, -0.05) is 12.1 Å². The number of nitrogens with one attached hydrogen (secondary N) is 2. The second kappa shape index (κ2) is 11.8. The maximum absolute atomic E-state index is 13.1. The van der Waals surface area contributed by atoms with Gasteiger partial charge in [-0.15, -0.1) is 0 Å². The third kappa shape index (κ3) is 6.42. The molecule has 2 amide bonds. The van der Waals surface area contributed by atoms with E-state index in [-0.39, 0.29) is 31.3 Å². The minimum Gasteiger partial charge on any atom is -0.467 e. The van der Waals surface area contributed by atoms with E-state index in [1.807, 2.05) is 0 Å². The quantitative estimate of drug-likeness (QED) is 0.392. The van der Waals surface area contributed by atoms with E-state index in [9.17, 15) is 19.2 Å². The fraction of sp³-hybridized carbons (Fsp3) is 0.391. The first-order chi connectivity index (χ1) is 16.0. The lowest BCUT2D eigenvalue weighted by Gasteiger charge is -2.14. The highest BCUT2D eigenvalue weighted by Crippen LogP contribution is 2.08. The highest BCUT2D eigenvalue weighted by Gasteiger charge is 2.15. The summed E-state index contributed by atoms with van der Waals surface area (Å²) in [6.45, 7) is 0.935. The molecule has 10 heteroatoms. The van der Waals surface area contributed by atoms with Gasteiger partial charge < -0.3 is 19.8 Å². The number of carbonyl (C=O) groups is 2. The Morgan fingerprint density at radius 1 is 1.00 bits per heavy atom. The molecule has 176 valence electrons. The maximum atomic E-state index is 13.1. The Hall–Kier alpha value is -3.66. The number of unbranched alkanes of at least 4 members (excludes halogenated alkanes) is 1. The summed E-state index contributed by atoms with van der Waals surface area (Å²) in [6.07, 6.45) is 2.76. The van der Waals surface area contributed by atoms with Gasteiger partial charge in [-0.3, -0.25) is 23.5 Å². The van der Waals surface area contributed by atoms with Crippen molar-refractivity contribution in [2.75, 3.05) is 20.3 Å². The normalized spacial score (nSPS) is 10.9. The van der Waals surface area contributed by atoms with E-state index in [4.69, 9.17) is 9.15 Å². The topological polar surface area (TPSA) is 125 Å². The van der Waals surface area contributed by atoms with Crippen LogP contribution in [0.3, 0.4) is 0 Å². The molecule has 1 aromatic carbocycles. The highest BCUT2D eigenvalue weighted by atomic mass is 16.5. The lowest BCUT2D eigenvalue weighted by atomic mass is 10.2. The van der Waals surface area contributed by atoms with Gasteiger partial charge in [0.15, 0.2) is 0 Å². The van der Waals surface area contributed by atoms with Gasteiger partial charge in [0.05, 0.1) is 30.3 Å². The SMILES string of the molecule is COCCNC(=O)Cn1c(=O)n(CCCCC(=O)NCc2ccco2)c(=O)c2ccccc21. The standard InChI is InChI=1S/C23H28N4O6/c1-32-14-11-24-21(29)16-27-19-9-3-2-8-18(19)22(30)26(23(27)31)12-5-4-10-20(28)25-15-17-7-6-13-33-17/h2-3,6-9,13H,4-5,10-12,14-16H2,1H3,(H,24,29)(H,25,28). The second-order valence-electron chi connectivity index (χ2n) is 7.50. The summed E-state index contributed by atoms with van der Waals surface area (Å²) in [6, 6.07) is 10.2. The number of methoxy groups -OCH3 is 1. The fourth-order valence-corrected chi connectivity index (χ4v) is 3.46. The number of furan rings is 1. The average Bonchev–Trinajstić information content (AvgIpc) is 3.34. The van der Waals surface area contributed by atoms with Crippen molar-refractivity contribution in [3.8, 4) is 0 Å². The predicted molar refractivity (Wildman–Crippen MR) is 122 cm³/mol. The monoisotopic (exact) mass is 456 g/mol. The van der Waals surface area contributed by atoms with Crippen molar-refractivity contribution in [2.45, 2.75) is 38.9 Å². The zero-order chi connectivity index (χ0) is 23.6. The summed E-state index contributed by atoms with van der Waals surface area (Å²) in [5.41, 5.74) is -0.556. The van der Waals surface area contributed by atoms with Crippen molar-refractivity contribution in [1.29, 1.82) is 0 Å². The number of hydrogen-bond acceptors (Lipinski definition) is 6. The molecule has 3 aromatic rings. The van der Waals surface area contributed by atoms with Crippen molar-refractivity contribution in [3.63, 3.8) is 0 Å². The molecule has 33 heavy (non-hydrogen) atoms. The number of hydrogen-bond donors (Lipinski definition) is 2. The first-order valence-electron chi connectivity index (χ1n) is 10.8. The van der Waals surface area contributed by atoms with Gasteiger partial charge in [0.1, 0.15) is 12.3 Å². The van der Waals surface area contributed by atoms with Crippen LogP contribution in [-0.2, 0) is 34.0 Å². The Morgan fingerprint density at radius 3 is 2.58 bits per heavy atom. The number of para-hydroxylation sites is 1. The van der Waals surface area contributed by atoms with Crippen LogP contribution in [0.2, 0.25) is 0 Å². The number of amides is 2. The fourth-order valence-electron chi connectivity index (χ4n) is 3.46. The number of aromatic nitrogens is 2. The zero-order valence-electron chi connectivity index (χ0n) is 18.5. The number of carbonyl (C=O) groups excluding carboxylic acids is 2. The van der Waals surface area contributed by atoms with Crippen LogP contribution in [0.15, 0.2) is 56.7 Å². The van der Waals surface area contributed by atoms with Crippen molar-refractivity contribution in [2.24, 2.45) is 0 Å². The zero-order valence-corrected chi connectivity index (χ0v) is 18.5. The molecule has 0 unspecified atom stereocenters. The van der Waals surface area contributed by atoms with E-state index < -0.39 is 11.2 Å². The Bertz CT molecular complexity index is 1200. The molecule has 0 atom stereocenters. The van der Waals surface area contributed by atoms with E-state index in [1.165, 1.54) is 11.7 Å². The van der Waals surface area contributed by atoms with Crippen LogP contribution in [0.4, 0.5) is 0 Å². The lowest BCUT2D eigenvalue weighted by Crippen LogP contribution is -2.43. The lowest BCUT2D eigenvalue weighted by molar-refractivity contribution is -0.122. The molecule has 2 N–H and O–H groups in total. The predicted octanol–water partition coefficient (Wildman–Crippen LogP) is 1.01. The van der Waals surface area contributed by atoms with Crippen LogP contribution < -0.4 is 21.9 Å². The Balaban J connectivity index is 1.66. The molecule has 0 saturated carbocycles. The smallest absolute Gasteiger partial charge is 0.331 e. The van der Waals surface area contributed by atoms with Crippen LogP contribution in [-0.4, -0.2) is 41.2 Å². The van der Waals surface area contributed by atoms with Crippen LogP contribution in [0.25, 0.3) is 10.9 Å². The van der Waals surface area contributed by atoms with E-state index >= 15 is 0 Å². The third-order valence-corrected chi connectivity index (χ3v) is 5.14. The van der Waals surface area contributed by atoms with E-state index in [2.05, 4.69) is 10.6 Å². The number of fused-ring (bicyclic) bond motifs is 1. The summed E-state index contributed by atoms with van der Waals surface area (Å²) in [5, 5.41) is 5.80. The summed E-state index contributed by atoms with van der Waals surface area (Å²) in [5.74, 6) is 0.179. The maximum Gasteiger partial charge on any atom is 0.331 e. The highest BCUT2D eigenvalue weighted by molar-refractivity contribution is 5.81. The van der Waals surface area contributed by atoms with Crippen molar-refractivity contribution in [1.82, 2.24) is 19.8 Å². The molecule has 0 aliphatic heterocycles. The molecule has 0 aliphatic rings. The number of benzene rings is 1. The molecule has 0 radical (unpaired) electrons. The summed E-state index contributed by atoms with van der Waals surface area (Å²) >= 11 is 0. The minimum atomic E-state index is -0.553. The van der Waals surface area contributed by atoms with Gasteiger partial charge in [0.2, 0.25) is 11.8 Å². The van der Waals surface area contributed by atoms with Gasteiger partial charge in [-0.05, 0) is 37.1 Å². The molecule has 0 aliphatic carbocycles. The summed E-state index contributed by atoms with van der Waals surface area (Å²) in [7, 11) is 1.53. The van der Waals surface area contributed by atoms with E-state index in [0.29, 0.717) is 49.2 Å². The van der Waals surface area contributed by atoms with Crippen molar-refractivity contribution < 1.29 is 18.7 Å². The molecule has 0 fully saturated rings. The molecule has 10 nitrogen and oxygen atoms in total. The van der Waals surface area contributed by atoms with Crippen molar-refractivity contribution in [3.05, 3.63) is 69.3 Å².